The molecule has 1 aromatic carbocycles. The molecule has 1 aromatic heterocycles. The van der Waals surface area contributed by atoms with Crippen LogP contribution in [0.1, 0.15) is 35.0 Å². The van der Waals surface area contributed by atoms with Gasteiger partial charge in [0, 0.05) is 22.9 Å². The minimum absolute atomic E-state index is 0.335. The molecule has 3 rings (SSSR count). The maximum absolute atomic E-state index is 12.1. The van der Waals surface area contributed by atoms with Crippen LogP contribution in [0.5, 0.6) is 0 Å². The van der Waals surface area contributed by atoms with E-state index in [1.807, 2.05) is 49.3 Å². The Hall–Kier alpha value is -2.84. The molecule has 0 saturated carbocycles. The second-order valence-corrected chi connectivity index (χ2v) is 5.41. The Labute approximate surface area is 134 Å². The van der Waals surface area contributed by atoms with Gasteiger partial charge in [0.25, 0.3) is 0 Å². The molecule has 0 fully saturated rings. The highest BCUT2D eigenvalue weighted by Gasteiger charge is 2.19. The van der Waals surface area contributed by atoms with E-state index in [4.69, 9.17) is 4.74 Å². The number of allylic oxidation sites excluding steroid dienone is 5. The number of aromatic amines is 1. The molecule has 1 aliphatic carbocycles. The molecular weight excluding hydrogens is 290 g/mol. The maximum atomic E-state index is 12.1. The van der Waals surface area contributed by atoms with E-state index >= 15 is 0 Å². The first kappa shape index (κ1) is 15.1. The lowest BCUT2D eigenvalue weighted by atomic mass is 9.93. The first-order valence-corrected chi connectivity index (χ1v) is 7.56. The lowest BCUT2D eigenvalue weighted by Crippen LogP contribution is -2.06. The number of ether oxygens (including phenoxy) is 1. The van der Waals surface area contributed by atoms with Gasteiger partial charge in [-0.2, -0.15) is 0 Å². The van der Waals surface area contributed by atoms with Gasteiger partial charge in [-0.15, -0.1) is 0 Å². The van der Waals surface area contributed by atoms with Crippen molar-refractivity contribution in [1.29, 1.82) is 0 Å². The van der Waals surface area contributed by atoms with Crippen molar-refractivity contribution in [2.75, 3.05) is 6.61 Å². The number of H-pyrrole nitrogens is 1. The third kappa shape index (κ3) is 2.65. The van der Waals surface area contributed by atoms with E-state index < -0.39 is 0 Å². The molecule has 1 N–H and O–H groups in total. The smallest absolute Gasteiger partial charge is 0.355 e. The van der Waals surface area contributed by atoms with Gasteiger partial charge >= 0.3 is 5.97 Å². The van der Waals surface area contributed by atoms with Crippen LogP contribution in [0.4, 0.5) is 0 Å². The van der Waals surface area contributed by atoms with E-state index in [9.17, 15) is 9.59 Å². The molecule has 0 unspecified atom stereocenters. The fraction of sp³-hybridized carbons (Fsp3) is 0.211. The molecular formula is C19H17NO3. The summed E-state index contributed by atoms with van der Waals surface area (Å²) in [4.78, 5) is 26.2. The van der Waals surface area contributed by atoms with Gasteiger partial charge in [0.1, 0.15) is 11.6 Å². The zero-order valence-corrected chi connectivity index (χ0v) is 13.1. The molecule has 0 aliphatic heterocycles. The number of nitrogens with one attached hydrogen (secondary N) is 1. The molecule has 2 aromatic rings. The maximum Gasteiger partial charge on any atom is 0.355 e. The van der Waals surface area contributed by atoms with Crippen LogP contribution >= 0.6 is 0 Å². The summed E-state index contributed by atoms with van der Waals surface area (Å²) in [6.07, 6.45) is 6.39. The summed E-state index contributed by atoms with van der Waals surface area (Å²) in [5, 5.41) is 0.971. The van der Waals surface area contributed by atoms with Crippen LogP contribution in [0.3, 0.4) is 0 Å². The number of benzene rings is 1. The number of hydrogen-bond donors (Lipinski definition) is 1. The topological polar surface area (TPSA) is 59.2 Å². The lowest BCUT2D eigenvalue weighted by molar-refractivity contribution is 0.0520. The van der Waals surface area contributed by atoms with Crippen molar-refractivity contribution in [2.45, 2.75) is 20.3 Å². The average Bonchev–Trinajstić information content (AvgIpc) is 2.92. The minimum Gasteiger partial charge on any atom is -0.461 e. The average molecular weight is 307 g/mol. The molecule has 1 aliphatic rings. The van der Waals surface area contributed by atoms with Gasteiger partial charge in [0.2, 0.25) is 0 Å². The normalized spacial score (nSPS) is 13.8. The third-order valence-corrected chi connectivity index (χ3v) is 3.96. The number of fused-ring (bicyclic) bond motifs is 1. The molecule has 0 radical (unpaired) electrons. The van der Waals surface area contributed by atoms with Gasteiger partial charge in [0.05, 0.1) is 6.61 Å². The van der Waals surface area contributed by atoms with E-state index in [0.717, 1.165) is 27.6 Å². The van der Waals surface area contributed by atoms with Crippen LogP contribution in [0.25, 0.3) is 16.5 Å². The predicted octanol–water partition coefficient (Wildman–Crippen LogP) is 3.75. The molecule has 0 atom stereocenters. The van der Waals surface area contributed by atoms with Gasteiger partial charge in [-0.3, -0.25) is 0 Å². The second kappa shape index (κ2) is 6.11. The largest absolute Gasteiger partial charge is 0.461 e. The summed E-state index contributed by atoms with van der Waals surface area (Å²) in [5.74, 6) is 1.61. The van der Waals surface area contributed by atoms with Crippen LogP contribution in [-0.4, -0.2) is 23.5 Å². The molecule has 0 amide bonds. The highest BCUT2D eigenvalue weighted by molar-refractivity contribution is 6.04. The molecule has 0 saturated heterocycles. The number of aryl methyl sites for hydroxylation is 1. The fourth-order valence-electron chi connectivity index (χ4n) is 2.91. The summed E-state index contributed by atoms with van der Waals surface area (Å²) in [7, 11) is 0. The fourth-order valence-corrected chi connectivity index (χ4v) is 2.91. The Balaban J connectivity index is 2.20. The number of carbonyl (C=O) groups excluding carboxylic acids is 2. The van der Waals surface area contributed by atoms with Crippen molar-refractivity contribution in [3.8, 4) is 0 Å². The Morgan fingerprint density at radius 3 is 2.96 bits per heavy atom. The molecule has 23 heavy (non-hydrogen) atoms. The van der Waals surface area contributed by atoms with Crippen molar-refractivity contribution in [3.63, 3.8) is 0 Å². The van der Waals surface area contributed by atoms with Crippen molar-refractivity contribution in [3.05, 3.63) is 58.8 Å². The van der Waals surface area contributed by atoms with Gasteiger partial charge in [-0.25, -0.2) is 9.59 Å². The van der Waals surface area contributed by atoms with Crippen LogP contribution in [-0.2, 0) is 9.53 Å². The van der Waals surface area contributed by atoms with Crippen LogP contribution in [0.15, 0.2) is 42.0 Å². The minimum atomic E-state index is -0.353. The lowest BCUT2D eigenvalue weighted by Gasteiger charge is -2.10. The second-order valence-electron chi connectivity index (χ2n) is 5.41. The number of hydrogen-bond acceptors (Lipinski definition) is 3. The highest BCUT2D eigenvalue weighted by Crippen LogP contribution is 2.33. The Morgan fingerprint density at radius 2 is 2.22 bits per heavy atom. The number of rotatable bonds is 3. The quantitative estimate of drug-likeness (QED) is 0.694. The van der Waals surface area contributed by atoms with Crippen LogP contribution in [0, 0.1) is 6.92 Å². The van der Waals surface area contributed by atoms with E-state index in [-0.39, 0.29) is 5.97 Å². The van der Waals surface area contributed by atoms with Crippen LogP contribution in [0.2, 0.25) is 0 Å². The van der Waals surface area contributed by atoms with Gasteiger partial charge in [-0.05, 0) is 42.7 Å². The summed E-state index contributed by atoms with van der Waals surface area (Å²) < 4.78 is 5.10. The van der Waals surface area contributed by atoms with Gasteiger partial charge < -0.3 is 9.72 Å². The summed E-state index contributed by atoms with van der Waals surface area (Å²) >= 11 is 0. The molecule has 116 valence electrons. The van der Waals surface area contributed by atoms with Crippen molar-refractivity contribution >= 4 is 28.4 Å². The van der Waals surface area contributed by atoms with Gasteiger partial charge in [0.15, 0.2) is 0 Å². The van der Waals surface area contributed by atoms with Crippen LogP contribution < -0.4 is 0 Å². The third-order valence-electron chi connectivity index (χ3n) is 3.96. The number of esters is 1. The molecule has 1 heterocycles. The van der Waals surface area contributed by atoms with E-state index in [1.54, 1.807) is 6.92 Å². The Morgan fingerprint density at radius 1 is 1.39 bits per heavy atom. The van der Waals surface area contributed by atoms with E-state index in [0.29, 0.717) is 24.3 Å². The monoisotopic (exact) mass is 307 g/mol. The van der Waals surface area contributed by atoms with Crippen molar-refractivity contribution in [2.24, 2.45) is 0 Å². The highest BCUT2D eigenvalue weighted by atomic mass is 16.5. The van der Waals surface area contributed by atoms with Crippen molar-refractivity contribution in [1.82, 2.24) is 4.98 Å². The number of carbonyl (C=O) groups is 1. The molecule has 4 heteroatoms. The summed E-state index contributed by atoms with van der Waals surface area (Å²) in [6, 6.07) is 5.84. The Bertz CT molecular complexity index is 893. The van der Waals surface area contributed by atoms with E-state index in [1.165, 1.54) is 0 Å². The zero-order chi connectivity index (χ0) is 16.4. The molecule has 4 nitrogen and oxygen atoms in total. The number of aromatic nitrogens is 1. The predicted molar refractivity (Wildman–Crippen MR) is 89.9 cm³/mol. The zero-order valence-electron chi connectivity index (χ0n) is 13.1. The molecule has 0 bridgehead atoms. The molecule has 0 spiro atoms. The first-order valence-electron chi connectivity index (χ1n) is 7.56. The van der Waals surface area contributed by atoms with E-state index in [2.05, 4.69) is 4.98 Å². The summed E-state index contributed by atoms with van der Waals surface area (Å²) in [6.45, 7) is 4.02. The SMILES string of the molecule is CCOC(=O)c1[nH]c2cccc(C3=CC(=C=O)CC=C3)c2c1C. The van der Waals surface area contributed by atoms with Crippen molar-refractivity contribution < 1.29 is 14.3 Å². The summed E-state index contributed by atoms with van der Waals surface area (Å²) in [5.41, 5.74) is 4.75. The standard InChI is InChI=1S/C19H17NO3/c1-3-23-19(22)18-12(2)17-15(8-5-9-16(17)20-18)14-7-4-6-13(10-14)11-21/h4-5,7-10,20H,3,6H2,1-2H3. The Kier molecular flexibility index (Phi) is 4.00. The first-order chi connectivity index (χ1) is 11.2. The van der Waals surface area contributed by atoms with Gasteiger partial charge in [-0.1, -0.05) is 24.3 Å².